The summed E-state index contributed by atoms with van der Waals surface area (Å²) in [5.41, 5.74) is -0.0589. The monoisotopic (exact) mass is 307 g/mol. The highest BCUT2D eigenvalue weighted by atomic mass is 35.5. The van der Waals surface area contributed by atoms with Crippen molar-refractivity contribution in [1.82, 2.24) is 9.97 Å². The van der Waals surface area contributed by atoms with Crippen LogP contribution in [0.15, 0.2) is 30.6 Å². The molecule has 21 heavy (non-hydrogen) atoms. The Morgan fingerprint density at radius 3 is 2.86 bits per heavy atom. The van der Waals surface area contributed by atoms with Crippen molar-refractivity contribution in [3.63, 3.8) is 0 Å². The number of carbonyl (C=O) groups excluding carboxylic acids is 1. The number of benzene rings is 1. The molecule has 0 aliphatic rings. The van der Waals surface area contributed by atoms with Gasteiger partial charge in [-0.05, 0) is 6.07 Å². The largest absolute Gasteiger partial charge is 0.481 e. The van der Waals surface area contributed by atoms with E-state index in [4.69, 9.17) is 16.3 Å². The number of halogens is 1. The van der Waals surface area contributed by atoms with Gasteiger partial charge in [-0.2, -0.15) is 0 Å². The summed E-state index contributed by atoms with van der Waals surface area (Å²) in [5, 5.41) is 11.0. The number of aromatic nitrogens is 2. The number of rotatable bonds is 5. The van der Waals surface area contributed by atoms with Gasteiger partial charge in [0.1, 0.15) is 11.9 Å². The van der Waals surface area contributed by atoms with E-state index in [9.17, 15) is 14.9 Å². The molecule has 1 heterocycles. The molecule has 0 atom stereocenters. The van der Waals surface area contributed by atoms with E-state index in [1.54, 1.807) is 0 Å². The number of nitrogens with zero attached hydrogens (tertiary/aromatic N) is 3. The van der Waals surface area contributed by atoms with Crippen LogP contribution in [-0.4, -0.2) is 27.8 Å². The predicted octanol–water partition coefficient (Wildman–Crippen LogP) is 2.47. The van der Waals surface area contributed by atoms with E-state index in [1.165, 1.54) is 37.7 Å². The lowest BCUT2D eigenvalue weighted by atomic mass is 10.0. The topological polar surface area (TPSA) is 95.2 Å². The van der Waals surface area contributed by atoms with Gasteiger partial charge in [0.05, 0.1) is 29.2 Å². The van der Waals surface area contributed by atoms with Crippen molar-refractivity contribution in [2.45, 2.75) is 6.42 Å². The molecule has 0 aliphatic heterocycles. The lowest BCUT2D eigenvalue weighted by Crippen LogP contribution is -2.09. The maximum atomic E-state index is 12.3. The van der Waals surface area contributed by atoms with E-state index < -0.39 is 10.7 Å². The second kappa shape index (κ2) is 6.27. The molecule has 0 saturated heterocycles. The van der Waals surface area contributed by atoms with Gasteiger partial charge in [0.25, 0.3) is 5.69 Å². The molecular weight excluding hydrogens is 298 g/mol. The number of methoxy groups -OCH3 is 1. The number of nitro groups is 1. The van der Waals surface area contributed by atoms with Crippen molar-refractivity contribution < 1.29 is 14.5 Å². The molecular formula is C13H10ClN3O4. The Balaban J connectivity index is 2.34. The number of carbonyl (C=O) groups is 1. The van der Waals surface area contributed by atoms with Crippen molar-refractivity contribution in [2.24, 2.45) is 0 Å². The Morgan fingerprint density at radius 1 is 1.43 bits per heavy atom. The molecule has 0 saturated carbocycles. The van der Waals surface area contributed by atoms with Crippen molar-refractivity contribution in [3.05, 3.63) is 57.0 Å². The summed E-state index contributed by atoms with van der Waals surface area (Å²) in [4.78, 5) is 30.4. The molecule has 0 radical (unpaired) electrons. The number of ketones is 1. The van der Waals surface area contributed by atoms with Gasteiger partial charge in [-0.15, -0.1) is 0 Å². The van der Waals surface area contributed by atoms with Gasteiger partial charge in [-0.25, -0.2) is 9.97 Å². The van der Waals surface area contributed by atoms with Crippen LogP contribution >= 0.6 is 11.6 Å². The second-order valence-corrected chi connectivity index (χ2v) is 4.45. The molecule has 1 aromatic heterocycles. The summed E-state index contributed by atoms with van der Waals surface area (Å²) in [5.74, 6) is -0.186. The molecule has 0 aliphatic carbocycles. The van der Waals surface area contributed by atoms with Crippen LogP contribution in [-0.2, 0) is 6.42 Å². The lowest BCUT2D eigenvalue weighted by Gasteiger charge is -2.05. The Morgan fingerprint density at radius 2 is 2.19 bits per heavy atom. The molecule has 7 nitrogen and oxygen atoms in total. The zero-order valence-corrected chi connectivity index (χ0v) is 11.7. The Bertz CT molecular complexity index is 706. The molecule has 8 heteroatoms. The summed E-state index contributed by atoms with van der Waals surface area (Å²) in [6, 6.07) is 5.58. The van der Waals surface area contributed by atoms with E-state index in [0.717, 1.165) is 0 Å². The van der Waals surface area contributed by atoms with Crippen molar-refractivity contribution >= 4 is 23.1 Å². The summed E-state index contributed by atoms with van der Waals surface area (Å²) >= 11 is 5.91. The SMILES string of the molecule is COc1cc(CC(=O)c2c(Cl)cccc2[N+](=O)[O-])ncn1. The predicted molar refractivity (Wildman–Crippen MR) is 74.7 cm³/mol. The summed E-state index contributed by atoms with van der Waals surface area (Å²) in [6.45, 7) is 0. The standard InChI is InChI=1S/C13H10ClN3O4/c1-21-12-6-8(15-7-16-12)5-11(18)13-9(14)3-2-4-10(13)17(19)20/h2-4,6-7H,5H2,1H3. The third-order valence-corrected chi connectivity index (χ3v) is 3.03. The molecule has 0 spiro atoms. The van der Waals surface area contributed by atoms with Crippen LogP contribution in [0.3, 0.4) is 0 Å². The van der Waals surface area contributed by atoms with Gasteiger partial charge in [-0.3, -0.25) is 14.9 Å². The molecule has 1 aromatic carbocycles. The zero-order valence-electron chi connectivity index (χ0n) is 10.9. The van der Waals surface area contributed by atoms with Gasteiger partial charge in [0, 0.05) is 12.1 Å². The highest BCUT2D eigenvalue weighted by Crippen LogP contribution is 2.27. The normalized spacial score (nSPS) is 10.2. The second-order valence-electron chi connectivity index (χ2n) is 4.04. The number of ether oxygens (including phenoxy) is 1. The summed E-state index contributed by atoms with van der Waals surface area (Å²) in [7, 11) is 1.44. The minimum Gasteiger partial charge on any atom is -0.481 e. The van der Waals surface area contributed by atoms with Crippen molar-refractivity contribution in [1.29, 1.82) is 0 Å². The maximum Gasteiger partial charge on any atom is 0.281 e. The smallest absolute Gasteiger partial charge is 0.281 e. The first kappa shape index (κ1) is 14.9. The fraction of sp³-hybridized carbons (Fsp3) is 0.154. The van der Waals surface area contributed by atoms with Gasteiger partial charge >= 0.3 is 0 Å². The van der Waals surface area contributed by atoms with E-state index >= 15 is 0 Å². The first-order valence-electron chi connectivity index (χ1n) is 5.84. The van der Waals surface area contributed by atoms with Crippen LogP contribution in [0.1, 0.15) is 16.1 Å². The number of hydrogen-bond donors (Lipinski definition) is 0. The fourth-order valence-corrected chi connectivity index (χ4v) is 2.05. The fourth-order valence-electron chi connectivity index (χ4n) is 1.78. The summed E-state index contributed by atoms with van der Waals surface area (Å²) in [6.07, 6.45) is 1.12. The Kier molecular flexibility index (Phi) is 4.44. The average molecular weight is 308 g/mol. The van der Waals surface area contributed by atoms with Crippen LogP contribution in [0.4, 0.5) is 5.69 Å². The highest BCUT2D eigenvalue weighted by molar-refractivity contribution is 6.34. The van der Waals surface area contributed by atoms with Gasteiger partial charge in [-0.1, -0.05) is 17.7 Å². The van der Waals surface area contributed by atoms with Gasteiger partial charge in [0.15, 0.2) is 5.78 Å². The van der Waals surface area contributed by atoms with Crippen molar-refractivity contribution in [3.8, 4) is 5.88 Å². The van der Waals surface area contributed by atoms with Crippen LogP contribution < -0.4 is 4.74 Å². The summed E-state index contributed by atoms with van der Waals surface area (Å²) < 4.78 is 4.93. The highest BCUT2D eigenvalue weighted by Gasteiger charge is 2.23. The first-order valence-corrected chi connectivity index (χ1v) is 6.21. The van der Waals surface area contributed by atoms with Gasteiger partial charge < -0.3 is 4.74 Å². The molecule has 108 valence electrons. The molecule has 0 fully saturated rings. The first-order chi connectivity index (χ1) is 10.0. The van der Waals surface area contributed by atoms with E-state index in [-0.39, 0.29) is 22.7 Å². The quantitative estimate of drug-likeness (QED) is 0.478. The molecule has 2 rings (SSSR count). The lowest BCUT2D eigenvalue weighted by molar-refractivity contribution is -0.385. The van der Waals surface area contributed by atoms with Crippen LogP contribution in [0, 0.1) is 10.1 Å². The number of Topliss-reactive ketones (excluding diaryl/α,β-unsaturated/α-hetero) is 1. The minimum atomic E-state index is -0.639. The van der Waals surface area contributed by atoms with Crippen LogP contribution in [0.2, 0.25) is 5.02 Å². The van der Waals surface area contributed by atoms with E-state index in [1.807, 2.05) is 0 Å². The van der Waals surface area contributed by atoms with E-state index in [0.29, 0.717) is 11.6 Å². The molecule has 0 N–H and O–H groups in total. The molecule has 0 amide bonds. The Labute approximate surface area is 124 Å². The number of nitro benzene ring substituents is 1. The van der Waals surface area contributed by atoms with Crippen LogP contribution in [0.25, 0.3) is 0 Å². The molecule has 0 unspecified atom stereocenters. The number of hydrogen-bond acceptors (Lipinski definition) is 6. The Hall–Kier alpha value is -2.54. The third kappa shape index (κ3) is 3.32. The van der Waals surface area contributed by atoms with E-state index in [2.05, 4.69) is 9.97 Å². The third-order valence-electron chi connectivity index (χ3n) is 2.72. The van der Waals surface area contributed by atoms with Crippen molar-refractivity contribution in [2.75, 3.05) is 7.11 Å². The molecule has 0 bridgehead atoms. The van der Waals surface area contributed by atoms with Crippen LogP contribution in [0.5, 0.6) is 5.88 Å². The zero-order chi connectivity index (χ0) is 15.4. The average Bonchev–Trinajstić information content (AvgIpc) is 2.46. The maximum absolute atomic E-state index is 12.3. The molecule has 2 aromatic rings. The minimum absolute atomic E-state index is 0.0372. The van der Waals surface area contributed by atoms with Gasteiger partial charge in [0.2, 0.25) is 5.88 Å².